The molecule has 0 spiro atoms. The van der Waals surface area contributed by atoms with E-state index in [9.17, 15) is 0 Å². The van der Waals surface area contributed by atoms with Crippen molar-refractivity contribution in [3.8, 4) is 0 Å². The summed E-state index contributed by atoms with van der Waals surface area (Å²) in [5.74, 6) is 2.31. The molecule has 2 fully saturated rings. The Balaban J connectivity index is 0.000000336. The van der Waals surface area contributed by atoms with Crippen LogP contribution in [0.15, 0.2) is 0 Å². The summed E-state index contributed by atoms with van der Waals surface area (Å²) in [6.45, 7) is 0. The second-order valence-electron chi connectivity index (χ2n) is 4.09. The van der Waals surface area contributed by atoms with Crippen molar-refractivity contribution in [2.75, 3.05) is 0 Å². The van der Waals surface area contributed by atoms with Crippen molar-refractivity contribution in [3.63, 3.8) is 0 Å². The second-order valence-corrected chi connectivity index (χ2v) is 4.09. The minimum absolute atomic E-state index is 1.16. The molecule has 0 unspecified atom stereocenters. The average Bonchev–Trinajstić information content (AvgIpc) is 2.21. The second kappa shape index (κ2) is 5.85. The molecule has 0 aromatic heterocycles. The van der Waals surface area contributed by atoms with Gasteiger partial charge in [-0.15, -0.1) is 11.6 Å². The van der Waals surface area contributed by atoms with Gasteiger partial charge in [0.15, 0.2) is 0 Å². The highest BCUT2D eigenvalue weighted by molar-refractivity contribution is 6.19. The quantitative estimate of drug-likeness (QED) is 0.531. The average molecular weight is 187 g/mol. The summed E-state index contributed by atoms with van der Waals surface area (Å²) in [7, 11) is 0. The summed E-state index contributed by atoms with van der Waals surface area (Å²) in [6, 6.07) is 0. The lowest BCUT2D eigenvalue weighted by atomic mass is 9.71. The van der Waals surface area contributed by atoms with Crippen molar-refractivity contribution in [1.29, 1.82) is 0 Å². The van der Waals surface area contributed by atoms with Crippen LogP contribution in [-0.4, -0.2) is 0 Å². The first-order valence-corrected chi connectivity index (χ1v) is 5.62. The monoisotopic (exact) mass is 186 g/mol. The highest BCUT2D eigenvalue weighted by Crippen LogP contribution is 2.39. The van der Waals surface area contributed by atoms with Gasteiger partial charge in [0.25, 0.3) is 0 Å². The molecule has 0 aromatic carbocycles. The maximum Gasteiger partial charge on any atom is 0.0693 e. The molecule has 0 N–H and O–H groups in total. The smallest absolute Gasteiger partial charge is 0.0693 e. The standard InChI is InChI=1S/C10H18.CHCl/c1-2-6-10-8-4-3-7-9(10)5-1;1-2/h9-10H,1-8H2;1H. The van der Waals surface area contributed by atoms with Gasteiger partial charge in [0, 0.05) is 0 Å². The van der Waals surface area contributed by atoms with E-state index < -0.39 is 0 Å². The van der Waals surface area contributed by atoms with Crippen LogP contribution in [0.4, 0.5) is 0 Å². The molecule has 0 aromatic rings. The molecule has 0 nitrogen and oxygen atoms in total. The molecule has 0 saturated heterocycles. The molecule has 2 rings (SSSR count). The Kier molecular flexibility index (Phi) is 5.06. The molecule has 12 heavy (non-hydrogen) atoms. The van der Waals surface area contributed by atoms with Gasteiger partial charge in [-0.2, -0.15) is 0 Å². The molecule has 0 amide bonds. The molecule has 0 heterocycles. The molecule has 2 aliphatic rings. The van der Waals surface area contributed by atoms with Crippen molar-refractivity contribution in [1.82, 2.24) is 0 Å². The lowest BCUT2D eigenvalue weighted by molar-refractivity contribution is 0.171. The number of fused-ring (bicyclic) bond motifs is 1. The number of hydrogen-bond acceptors (Lipinski definition) is 0. The van der Waals surface area contributed by atoms with Crippen LogP contribution < -0.4 is 0 Å². The van der Waals surface area contributed by atoms with E-state index in [2.05, 4.69) is 18.0 Å². The van der Waals surface area contributed by atoms with Crippen molar-refractivity contribution >= 4 is 11.6 Å². The molecule has 2 saturated carbocycles. The van der Waals surface area contributed by atoms with Crippen LogP contribution in [0.25, 0.3) is 0 Å². The summed E-state index contributed by atoms with van der Waals surface area (Å²) in [4.78, 5) is 0. The molecule has 2 radical (unpaired) electrons. The van der Waals surface area contributed by atoms with E-state index in [1.54, 1.807) is 25.7 Å². The van der Waals surface area contributed by atoms with E-state index in [0.717, 1.165) is 11.8 Å². The molecule has 0 aliphatic heterocycles. The van der Waals surface area contributed by atoms with Crippen molar-refractivity contribution in [3.05, 3.63) is 6.38 Å². The third kappa shape index (κ3) is 2.65. The summed E-state index contributed by atoms with van der Waals surface area (Å²) in [5.41, 5.74) is 0. The van der Waals surface area contributed by atoms with Crippen molar-refractivity contribution < 1.29 is 0 Å². The molecule has 1 heteroatoms. The Labute approximate surface area is 81.7 Å². The van der Waals surface area contributed by atoms with Gasteiger partial charge in [0.05, 0.1) is 6.38 Å². The van der Waals surface area contributed by atoms with Gasteiger partial charge in [-0.05, 0) is 11.8 Å². The largest absolute Gasteiger partial charge is 0.120 e. The fourth-order valence-corrected chi connectivity index (χ4v) is 2.86. The van der Waals surface area contributed by atoms with E-state index >= 15 is 0 Å². The molecular formula is C11H19Cl. The van der Waals surface area contributed by atoms with Gasteiger partial charge in [-0.3, -0.25) is 0 Å². The van der Waals surface area contributed by atoms with Crippen LogP contribution in [0.3, 0.4) is 0 Å². The van der Waals surface area contributed by atoms with Gasteiger partial charge in [0.1, 0.15) is 0 Å². The lowest BCUT2D eigenvalue weighted by Crippen LogP contribution is -2.22. The Morgan fingerprint density at radius 3 is 1.17 bits per heavy atom. The first kappa shape index (κ1) is 10.4. The molecule has 70 valence electrons. The summed E-state index contributed by atoms with van der Waals surface area (Å²) < 4.78 is 0. The van der Waals surface area contributed by atoms with E-state index in [0.29, 0.717) is 0 Å². The minimum Gasteiger partial charge on any atom is -0.120 e. The Bertz CT molecular complexity index is 85.6. The van der Waals surface area contributed by atoms with Crippen molar-refractivity contribution in [2.45, 2.75) is 51.4 Å². The van der Waals surface area contributed by atoms with Gasteiger partial charge in [-0.1, -0.05) is 51.4 Å². The first-order valence-electron chi connectivity index (χ1n) is 5.18. The topological polar surface area (TPSA) is 0 Å². The van der Waals surface area contributed by atoms with Gasteiger partial charge in [0.2, 0.25) is 0 Å². The van der Waals surface area contributed by atoms with E-state index in [-0.39, 0.29) is 0 Å². The van der Waals surface area contributed by atoms with Crippen LogP contribution in [-0.2, 0) is 0 Å². The van der Waals surface area contributed by atoms with Gasteiger partial charge in [-0.25, -0.2) is 0 Å². The number of rotatable bonds is 0. The van der Waals surface area contributed by atoms with Crippen molar-refractivity contribution in [2.24, 2.45) is 11.8 Å². The number of halogens is 1. The SMILES string of the molecule is C1CCC2CCCCC2C1.[CH]Cl. The van der Waals surface area contributed by atoms with Crippen LogP contribution in [0.2, 0.25) is 0 Å². The molecular weight excluding hydrogens is 168 g/mol. The zero-order chi connectivity index (χ0) is 8.81. The Morgan fingerprint density at radius 2 is 0.917 bits per heavy atom. The maximum absolute atomic E-state index is 4.14. The molecule has 0 bridgehead atoms. The predicted molar refractivity (Wildman–Crippen MR) is 54.1 cm³/mol. The predicted octanol–water partition coefficient (Wildman–Crippen LogP) is 4.26. The summed E-state index contributed by atoms with van der Waals surface area (Å²) in [6.07, 6.45) is 16.3. The molecule has 0 atom stereocenters. The third-order valence-corrected chi connectivity index (χ3v) is 3.47. The van der Waals surface area contributed by atoms with Crippen LogP contribution in [0, 0.1) is 18.2 Å². The van der Waals surface area contributed by atoms with Crippen LogP contribution in [0.1, 0.15) is 51.4 Å². The van der Waals surface area contributed by atoms with Gasteiger partial charge < -0.3 is 0 Å². The maximum atomic E-state index is 4.14. The Morgan fingerprint density at radius 1 is 0.667 bits per heavy atom. The fourth-order valence-electron chi connectivity index (χ4n) is 2.86. The van der Waals surface area contributed by atoms with E-state index in [4.69, 9.17) is 0 Å². The normalized spacial score (nSPS) is 34.5. The fraction of sp³-hybridized carbons (Fsp3) is 0.909. The van der Waals surface area contributed by atoms with Gasteiger partial charge >= 0.3 is 0 Å². The summed E-state index contributed by atoms with van der Waals surface area (Å²) >= 11 is 4.14. The highest BCUT2D eigenvalue weighted by Gasteiger charge is 2.26. The first-order chi connectivity index (χ1) is 5.97. The lowest BCUT2D eigenvalue weighted by Gasteiger charge is -2.35. The van der Waals surface area contributed by atoms with E-state index in [1.165, 1.54) is 25.7 Å². The van der Waals surface area contributed by atoms with E-state index in [1.807, 2.05) is 0 Å². The molecule has 2 aliphatic carbocycles. The minimum atomic E-state index is 1.16. The Hall–Kier alpha value is 0.290. The van der Waals surface area contributed by atoms with Crippen LogP contribution >= 0.6 is 11.6 Å². The zero-order valence-corrected chi connectivity index (χ0v) is 8.52. The number of hydrogen-bond donors (Lipinski definition) is 0. The van der Waals surface area contributed by atoms with Crippen LogP contribution in [0.5, 0.6) is 0 Å². The highest BCUT2D eigenvalue weighted by atomic mass is 35.5. The summed E-state index contributed by atoms with van der Waals surface area (Å²) in [5, 5.41) is 0. The third-order valence-electron chi connectivity index (χ3n) is 3.47. The zero-order valence-electron chi connectivity index (χ0n) is 7.77.